The second-order valence-electron chi connectivity index (χ2n) is 10.6. The monoisotopic (exact) mass is 468 g/mol. The zero-order valence-corrected chi connectivity index (χ0v) is 20.8. The summed E-state index contributed by atoms with van der Waals surface area (Å²) in [5.41, 5.74) is 3.69. The predicted molar refractivity (Wildman–Crippen MR) is 139 cm³/mol. The summed E-state index contributed by atoms with van der Waals surface area (Å²) < 4.78 is 2.61. The fourth-order valence-electron chi connectivity index (χ4n) is 6.76. The van der Waals surface area contributed by atoms with Gasteiger partial charge in [-0.05, 0) is 87.2 Å². The fourth-order valence-corrected chi connectivity index (χ4v) is 6.76. The average Bonchev–Trinajstić information content (AvgIpc) is 3.51. The Morgan fingerprint density at radius 1 is 1.03 bits per heavy atom. The zero-order valence-electron chi connectivity index (χ0n) is 20.0. The van der Waals surface area contributed by atoms with Gasteiger partial charge in [-0.2, -0.15) is 5.26 Å². The molecular formula is C28H41ClN4. The highest BCUT2D eigenvalue weighted by molar-refractivity contribution is 5.86. The molecule has 2 heterocycles. The maximum atomic E-state index is 9.62. The Morgan fingerprint density at radius 2 is 1.79 bits per heavy atom. The van der Waals surface area contributed by atoms with Crippen molar-refractivity contribution >= 4 is 23.3 Å². The Morgan fingerprint density at radius 3 is 2.48 bits per heavy atom. The van der Waals surface area contributed by atoms with Crippen LogP contribution in [0.1, 0.15) is 100 Å². The van der Waals surface area contributed by atoms with E-state index in [2.05, 4.69) is 39.6 Å². The number of hydrogen-bond acceptors (Lipinski definition) is 3. The molecular weight excluding hydrogens is 428 g/mol. The number of aromatic nitrogens is 1. The lowest BCUT2D eigenvalue weighted by Crippen LogP contribution is -2.33. The highest BCUT2D eigenvalue weighted by Gasteiger charge is 2.29. The molecule has 1 aromatic carbocycles. The van der Waals surface area contributed by atoms with Gasteiger partial charge in [0.2, 0.25) is 0 Å². The molecule has 3 fully saturated rings. The molecule has 1 aliphatic heterocycles. The van der Waals surface area contributed by atoms with Crippen LogP contribution in [0, 0.1) is 17.2 Å². The lowest BCUT2D eigenvalue weighted by molar-refractivity contribution is 0.290. The molecule has 5 rings (SSSR count). The van der Waals surface area contributed by atoms with Crippen molar-refractivity contribution in [2.75, 3.05) is 19.6 Å². The van der Waals surface area contributed by atoms with Gasteiger partial charge in [-0.3, -0.25) is 0 Å². The number of nitrogens with one attached hydrogen (secondary N) is 2. The van der Waals surface area contributed by atoms with Crippen LogP contribution in [0.3, 0.4) is 0 Å². The second-order valence-corrected chi connectivity index (χ2v) is 10.6. The molecule has 0 amide bonds. The van der Waals surface area contributed by atoms with Crippen molar-refractivity contribution < 1.29 is 0 Å². The van der Waals surface area contributed by atoms with E-state index in [-0.39, 0.29) is 12.4 Å². The maximum Gasteiger partial charge on any atom is 0.0991 e. The highest BCUT2D eigenvalue weighted by atomic mass is 35.5. The molecule has 4 nitrogen and oxygen atoms in total. The van der Waals surface area contributed by atoms with Gasteiger partial charge in [-0.25, -0.2) is 0 Å². The van der Waals surface area contributed by atoms with Crippen molar-refractivity contribution in [1.82, 2.24) is 15.2 Å². The third kappa shape index (κ3) is 5.59. The van der Waals surface area contributed by atoms with E-state index in [0.29, 0.717) is 18.0 Å². The molecule has 2 aromatic rings. The normalized spacial score (nSPS) is 23.3. The van der Waals surface area contributed by atoms with E-state index >= 15 is 0 Å². The van der Waals surface area contributed by atoms with Gasteiger partial charge in [-0.1, -0.05) is 38.5 Å². The van der Waals surface area contributed by atoms with Gasteiger partial charge in [0.05, 0.1) is 11.6 Å². The minimum atomic E-state index is 0. The molecule has 0 spiro atoms. The van der Waals surface area contributed by atoms with E-state index in [1.54, 1.807) is 0 Å². The van der Waals surface area contributed by atoms with E-state index in [4.69, 9.17) is 0 Å². The van der Waals surface area contributed by atoms with E-state index in [9.17, 15) is 5.26 Å². The first-order valence-electron chi connectivity index (χ1n) is 13.3. The fraction of sp³-hybridized carbons (Fsp3) is 0.679. The molecule has 2 N–H and O–H groups in total. The van der Waals surface area contributed by atoms with Crippen LogP contribution < -0.4 is 10.6 Å². The van der Waals surface area contributed by atoms with Crippen LogP contribution in [-0.2, 0) is 0 Å². The zero-order chi connectivity index (χ0) is 21.8. The molecule has 0 bridgehead atoms. The van der Waals surface area contributed by atoms with Crippen LogP contribution in [0.4, 0.5) is 0 Å². The maximum absolute atomic E-state index is 9.62. The summed E-state index contributed by atoms with van der Waals surface area (Å²) in [6, 6.07) is 10.1. The van der Waals surface area contributed by atoms with Crippen molar-refractivity contribution in [2.45, 2.75) is 95.1 Å². The molecule has 5 heteroatoms. The van der Waals surface area contributed by atoms with Crippen LogP contribution in [0.25, 0.3) is 10.9 Å². The number of rotatable bonds is 7. The molecule has 1 saturated heterocycles. The molecule has 33 heavy (non-hydrogen) atoms. The first kappa shape index (κ1) is 24.6. The van der Waals surface area contributed by atoms with E-state index in [1.807, 2.05) is 6.07 Å². The Kier molecular flexibility index (Phi) is 8.74. The molecule has 1 aromatic heterocycles. The van der Waals surface area contributed by atoms with Gasteiger partial charge in [0.1, 0.15) is 0 Å². The molecule has 2 atom stereocenters. The van der Waals surface area contributed by atoms with Crippen LogP contribution in [0.2, 0.25) is 0 Å². The summed E-state index contributed by atoms with van der Waals surface area (Å²) >= 11 is 0. The van der Waals surface area contributed by atoms with Crippen molar-refractivity contribution in [3.63, 3.8) is 0 Å². The Balaban J connectivity index is 0.00000259. The Labute approximate surface area is 205 Å². The standard InChI is InChI=1S/C28H40N4.ClH/c29-18-21-11-12-28-26(17-21)27(20-32(28)24-9-5-2-6-10-24)25(22-7-3-1-4-8-22)14-16-31-23-13-15-30-19-23;/h11-12,17,20,22-25,30-31H,1-10,13-16,19H2;1H. The first-order chi connectivity index (χ1) is 15.8. The summed E-state index contributed by atoms with van der Waals surface area (Å²) in [5, 5.41) is 18.3. The molecule has 0 radical (unpaired) electrons. The first-order valence-corrected chi connectivity index (χ1v) is 13.3. The minimum absolute atomic E-state index is 0. The van der Waals surface area contributed by atoms with Gasteiger partial charge >= 0.3 is 0 Å². The molecule has 2 unspecified atom stereocenters. The molecule has 180 valence electrons. The van der Waals surface area contributed by atoms with Crippen molar-refractivity contribution in [3.05, 3.63) is 35.5 Å². The summed E-state index contributed by atoms with van der Waals surface area (Å²) in [5.74, 6) is 1.38. The lowest BCUT2D eigenvalue weighted by atomic mass is 9.75. The van der Waals surface area contributed by atoms with Gasteiger partial charge in [0.15, 0.2) is 0 Å². The van der Waals surface area contributed by atoms with Gasteiger partial charge in [0.25, 0.3) is 0 Å². The molecule has 3 aliphatic rings. The smallest absolute Gasteiger partial charge is 0.0991 e. The van der Waals surface area contributed by atoms with Crippen LogP contribution >= 0.6 is 12.4 Å². The van der Waals surface area contributed by atoms with Gasteiger partial charge < -0.3 is 15.2 Å². The van der Waals surface area contributed by atoms with Crippen LogP contribution in [0.5, 0.6) is 0 Å². The number of benzene rings is 1. The van der Waals surface area contributed by atoms with E-state index in [0.717, 1.165) is 31.1 Å². The van der Waals surface area contributed by atoms with Crippen LogP contribution in [-0.4, -0.2) is 30.2 Å². The molecule has 2 saturated carbocycles. The summed E-state index contributed by atoms with van der Waals surface area (Å²) in [7, 11) is 0. The number of halogens is 1. The Hall–Kier alpha value is -1.54. The Bertz CT molecular complexity index is 927. The molecule has 2 aliphatic carbocycles. The number of nitrogens with zero attached hydrogens (tertiary/aromatic N) is 2. The van der Waals surface area contributed by atoms with Crippen molar-refractivity contribution in [2.24, 2.45) is 5.92 Å². The highest BCUT2D eigenvalue weighted by Crippen LogP contribution is 2.43. The minimum Gasteiger partial charge on any atom is -0.344 e. The summed E-state index contributed by atoms with van der Waals surface area (Å²) in [4.78, 5) is 0. The van der Waals surface area contributed by atoms with E-state index < -0.39 is 0 Å². The van der Waals surface area contributed by atoms with Gasteiger partial charge in [0, 0.05) is 35.7 Å². The number of fused-ring (bicyclic) bond motifs is 1. The summed E-state index contributed by atoms with van der Waals surface area (Å²) in [6.45, 7) is 3.36. The third-order valence-electron chi connectivity index (χ3n) is 8.53. The lowest BCUT2D eigenvalue weighted by Gasteiger charge is -2.31. The van der Waals surface area contributed by atoms with E-state index in [1.165, 1.54) is 93.5 Å². The quantitative estimate of drug-likeness (QED) is 0.491. The van der Waals surface area contributed by atoms with Crippen molar-refractivity contribution in [3.8, 4) is 6.07 Å². The topological polar surface area (TPSA) is 52.8 Å². The number of nitriles is 1. The van der Waals surface area contributed by atoms with Gasteiger partial charge in [-0.15, -0.1) is 12.4 Å². The summed E-state index contributed by atoms with van der Waals surface area (Å²) in [6.07, 6.45) is 18.6. The largest absolute Gasteiger partial charge is 0.344 e. The SMILES string of the molecule is Cl.N#Cc1ccc2c(c1)c(C(CCNC1CCNC1)C1CCCCC1)cn2C1CCCCC1. The third-order valence-corrected chi connectivity index (χ3v) is 8.53. The second kappa shape index (κ2) is 11.7. The number of hydrogen-bond donors (Lipinski definition) is 2. The van der Waals surface area contributed by atoms with Crippen molar-refractivity contribution in [1.29, 1.82) is 5.26 Å². The predicted octanol–water partition coefficient (Wildman–Crippen LogP) is 6.45. The van der Waals surface area contributed by atoms with Crippen LogP contribution in [0.15, 0.2) is 24.4 Å². The average molecular weight is 469 g/mol.